The summed E-state index contributed by atoms with van der Waals surface area (Å²) in [6.45, 7) is 6.80. The molecular formula is C11H22O. The largest absolute Gasteiger partial charge is 0.375 e. The van der Waals surface area contributed by atoms with Crippen LogP contribution in [0.3, 0.4) is 0 Å². The molecule has 0 aromatic rings. The second-order valence-corrected chi connectivity index (χ2v) is 4.11. The Hall–Kier alpha value is -0.0400. The van der Waals surface area contributed by atoms with E-state index in [0.29, 0.717) is 12.2 Å². The van der Waals surface area contributed by atoms with Crippen molar-refractivity contribution in [2.45, 2.75) is 65.1 Å². The van der Waals surface area contributed by atoms with E-state index in [-0.39, 0.29) is 0 Å². The van der Waals surface area contributed by atoms with Gasteiger partial charge in [-0.1, -0.05) is 27.2 Å². The Bertz CT molecular complexity index is 122. The van der Waals surface area contributed by atoms with Crippen LogP contribution in [0.4, 0.5) is 0 Å². The van der Waals surface area contributed by atoms with Gasteiger partial charge in [0.15, 0.2) is 0 Å². The van der Waals surface area contributed by atoms with Crippen molar-refractivity contribution in [2.75, 3.05) is 0 Å². The summed E-state index contributed by atoms with van der Waals surface area (Å²) in [5.41, 5.74) is 0. The van der Waals surface area contributed by atoms with Crippen LogP contribution in [-0.2, 0) is 4.74 Å². The quantitative estimate of drug-likeness (QED) is 0.628. The average molecular weight is 170 g/mol. The van der Waals surface area contributed by atoms with E-state index in [9.17, 15) is 0 Å². The van der Waals surface area contributed by atoms with Gasteiger partial charge in [0.25, 0.3) is 0 Å². The number of hydrogen-bond donors (Lipinski definition) is 0. The highest BCUT2D eigenvalue weighted by molar-refractivity contribution is 4.73. The molecule has 1 heteroatoms. The van der Waals surface area contributed by atoms with Gasteiger partial charge >= 0.3 is 0 Å². The lowest BCUT2D eigenvalue weighted by Crippen LogP contribution is -2.13. The van der Waals surface area contributed by atoms with E-state index in [1.54, 1.807) is 0 Å². The highest BCUT2D eigenvalue weighted by atomic mass is 16.5. The molecule has 1 aliphatic heterocycles. The zero-order valence-corrected chi connectivity index (χ0v) is 8.68. The fourth-order valence-electron chi connectivity index (χ4n) is 1.87. The Balaban J connectivity index is 2.18. The number of hydrogen-bond acceptors (Lipinski definition) is 1. The molecule has 1 rings (SSSR count). The summed E-state index contributed by atoms with van der Waals surface area (Å²) in [6.07, 6.45) is 7.48. The molecule has 0 spiro atoms. The molecule has 0 bridgehead atoms. The van der Waals surface area contributed by atoms with E-state index in [1.807, 2.05) is 0 Å². The molecule has 72 valence electrons. The lowest BCUT2D eigenvalue weighted by atomic mass is 9.99. The molecule has 0 N–H and O–H groups in total. The van der Waals surface area contributed by atoms with Crippen molar-refractivity contribution < 1.29 is 4.74 Å². The van der Waals surface area contributed by atoms with Crippen molar-refractivity contribution in [3.8, 4) is 0 Å². The maximum absolute atomic E-state index is 5.88. The van der Waals surface area contributed by atoms with Crippen LogP contribution in [0.15, 0.2) is 0 Å². The maximum Gasteiger partial charge on any atom is 0.0582 e. The highest BCUT2D eigenvalue weighted by Gasteiger charge is 2.24. The van der Waals surface area contributed by atoms with Gasteiger partial charge in [-0.3, -0.25) is 0 Å². The minimum Gasteiger partial charge on any atom is -0.375 e. The molecule has 3 atom stereocenters. The smallest absolute Gasteiger partial charge is 0.0582 e. The zero-order valence-electron chi connectivity index (χ0n) is 8.68. The Labute approximate surface area is 76.5 Å². The molecule has 1 saturated heterocycles. The fraction of sp³-hybridized carbons (Fsp3) is 1.00. The first kappa shape index (κ1) is 10.0. The van der Waals surface area contributed by atoms with Crippen molar-refractivity contribution >= 4 is 0 Å². The topological polar surface area (TPSA) is 9.23 Å². The molecule has 0 amide bonds. The lowest BCUT2D eigenvalue weighted by molar-refractivity contribution is 0.0307. The lowest BCUT2D eigenvalue weighted by Gasteiger charge is -2.15. The Morgan fingerprint density at radius 2 is 1.92 bits per heavy atom. The van der Waals surface area contributed by atoms with E-state index >= 15 is 0 Å². The Morgan fingerprint density at radius 1 is 1.25 bits per heavy atom. The van der Waals surface area contributed by atoms with Crippen LogP contribution < -0.4 is 0 Å². The summed E-state index contributed by atoms with van der Waals surface area (Å²) in [7, 11) is 0. The van der Waals surface area contributed by atoms with Crippen molar-refractivity contribution in [2.24, 2.45) is 5.92 Å². The van der Waals surface area contributed by atoms with Gasteiger partial charge in [-0.15, -0.1) is 0 Å². The van der Waals surface area contributed by atoms with Crippen molar-refractivity contribution in [1.82, 2.24) is 0 Å². The molecule has 0 radical (unpaired) electrons. The van der Waals surface area contributed by atoms with Crippen LogP contribution in [-0.4, -0.2) is 12.2 Å². The van der Waals surface area contributed by atoms with Gasteiger partial charge in [-0.05, 0) is 31.6 Å². The number of ether oxygens (including phenoxy) is 1. The van der Waals surface area contributed by atoms with Gasteiger partial charge in [0.2, 0.25) is 0 Å². The minimum absolute atomic E-state index is 0.569. The molecule has 3 unspecified atom stereocenters. The Morgan fingerprint density at radius 3 is 2.42 bits per heavy atom. The van der Waals surface area contributed by atoms with E-state index in [4.69, 9.17) is 4.74 Å². The second-order valence-electron chi connectivity index (χ2n) is 4.11. The van der Waals surface area contributed by atoms with Crippen LogP contribution >= 0.6 is 0 Å². The molecule has 1 fully saturated rings. The molecule has 0 aliphatic carbocycles. The van der Waals surface area contributed by atoms with Gasteiger partial charge in [0.05, 0.1) is 12.2 Å². The first-order chi connectivity index (χ1) is 5.76. The second kappa shape index (κ2) is 4.86. The predicted molar refractivity (Wildman–Crippen MR) is 52.3 cm³/mol. The summed E-state index contributed by atoms with van der Waals surface area (Å²) in [6, 6.07) is 0. The third-order valence-electron chi connectivity index (χ3n) is 3.01. The van der Waals surface area contributed by atoms with Crippen molar-refractivity contribution in [1.29, 1.82) is 0 Å². The standard InChI is InChI=1S/C11H22O/c1-4-9(3)8-11-7-6-10(5-2)12-11/h9-11H,4-8H2,1-3H3. The SMILES string of the molecule is CCC(C)CC1CCC(CC)O1. The van der Waals surface area contributed by atoms with Crippen LogP contribution in [0.2, 0.25) is 0 Å². The van der Waals surface area contributed by atoms with Gasteiger partial charge in [-0.2, -0.15) is 0 Å². The van der Waals surface area contributed by atoms with Gasteiger partial charge in [0, 0.05) is 0 Å². The first-order valence-electron chi connectivity index (χ1n) is 5.41. The highest BCUT2D eigenvalue weighted by Crippen LogP contribution is 2.27. The van der Waals surface area contributed by atoms with E-state index in [0.717, 1.165) is 5.92 Å². The third-order valence-corrected chi connectivity index (χ3v) is 3.01. The van der Waals surface area contributed by atoms with E-state index < -0.39 is 0 Å². The van der Waals surface area contributed by atoms with E-state index in [2.05, 4.69) is 20.8 Å². The van der Waals surface area contributed by atoms with Gasteiger partial charge in [-0.25, -0.2) is 0 Å². The molecule has 0 aromatic heterocycles. The Kier molecular flexibility index (Phi) is 4.07. The fourth-order valence-corrected chi connectivity index (χ4v) is 1.87. The zero-order chi connectivity index (χ0) is 8.97. The van der Waals surface area contributed by atoms with Crippen molar-refractivity contribution in [3.05, 3.63) is 0 Å². The average Bonchev–Trinajstić information content (AvgIpc) is 2.52. The summed E-state index contributed by atoms with van der Waals surface area (Å²) in [4.78, 5) is 0. The van der Waals surface area contributed by atoms with Gasteiger partial charge < -0.3 is 4.74 Å². The summed E-state index contributed by atoms with van der Waals surface area (Å²) < 4.78 is 5.88. The number of rotatable bonds is 4. The van der Waals surface area contributed by atoms with Gasteiger partial charge in [0.1, 0.15) is 0 Å². The summed E-state index contributed by atoms with van der Waals surface area (Å²) >= 11 is 0. The van der Waals surface area contributed by atoms with E-state index in [1.165, 1.54) is 32.1 Å². The predicted octanol–water partition coefficient (Wildman–Crippen LogP) is 3.38. The van der Waals surface area contributed by atoms with Crippen LogP contribution in [0.25, 0.3) is 0 Å². The van der Waals surface area contributed by atoms with Crippen LogP contribution in [0.1, 0.15) is 52.9 Å². The molecule has 1 heterocycles. The third kappa shape index (κ3) is 2.78. The molecule has 0 aromatic carbocycles. The summed E-state index contributed by atoms with van der Waals surface area (Å²) in [5.74, 6) is 0.839. The molecule has 12 heavy (non-hydrogen) atoms. The van der Waals surface area contributed by atoms with Crippen LogP contribution in [0.5, 0.6) is 0 Å². The maximum atomic E-state index is 5.88. The monoisotopic (exact) mass is 170 g/mol. The summed E-state index contributed by atoms with van der Waals surface area (Å²) in [5, 5.41) is 0. The normalized spacial score (nSPS) is 32.2. The molecule has 1 nitrogen and oxygen atoms in total. The van der Waals surface area contributed by atoms with Crippen molar-refractivity contribution in [3.63, 3.8) is 0 Å². The van der Waals surface area contributed by atoms with Crippen LogP contribution in [0, 0.1) is 5.92 Å². The molecule has 0 saturated carbocycles. The molecule has 1 aliphatic rings. The first-order valence-corrected chi connectivity index (χ1v) is 5.41. The minimum atomic E-state index is 0.569. The molecular weight excluding hydrogens is 148 g/mol.